The molecule has 0 spiro atoms. The van der Waals surface area contributed by atoms with Gasteiger partial charge in [-0.25, -0.2) is 9.13 Å². The highest BCUT2D eigenvalue weighted by Crippen LogP contribution is 2.44. The fourth-order valence-electron chi connectivity index (χ4n) is 1.48. The minimum atomic E-state index is -4.58. The van der Waals surface area contributed by atoms with Crippen molar-refractivity contribution in [1.29, 1.82) is 0 Å². The zero-order valence-electron chi connectivity index (χ0n) is 13.3. The smallest absolute Gasteiger partial charge is 0.309 e. The molecule has 0 aromatic heterocycles. The number of phosphoric ester groups is 2. The first kappa shape index (κ1) is 23.2. The topological polar surface area (TPSA) is 144 Å². The van der Waals surface area contributed by atoms with Gasteiger partial charge in [0.25, 0.3) is 0 Å². The van der Waals surface area contributed by atoms with Gasteiger partial charge in [-0.15, -0.1) is 0 Å². The molecule has 0 saturated heterocycles. The van der Waals surface area contributed by atoms with Gasteiger partial charge in [0.2, 0.25) is 7.98 Å². The van der Waals surface area contributed by atoms with Crippen LogP contribution in [-0.4, -0.2) is 48.6 Å². The van der Waals surface area contributed by atoms with E-state index < -0.39 is 27.7 Å². The van der Waals surface area contributed by atoms with Crippen LogP contribution in [0.2, 0.25) is 0 Å². The Labute approximate surface area is 137 Å². The SMILES string of the molecule is [B]NOC(COP(=O)(O)OCC(C)COP(=O)(O)O)CC(C)C. The highest BCUT2D eigenvalue weighted by Gasteiger charge is 2.26. The largest absolute Gasteiger partial charge is 0.472 e. The molecule has 0 fully saturated rings. The quantitative estimate of drug-likeness (QED) is 0.208. The van der Waals surface area contributed by atoms with Crippen LogP contribution in [0.3, 0.4) is 0 Å². The molecule has 136 valence electrons. The average molecular weight is 375 g/mol. The van der Waals surface area contributed by atoms with Crippen LogP contribution in [0, 0.1) is 11.8 Å². The van der Waals surface area contributed by atoms with Crippen LogP contribution in [0.1, 0.15) is 27.2 Å². The van der Waals surface area contributed by atoms with Crippen LogP contribution in [0.15, 0.2) is 0 Å². The predicted octanol–water partition coefficient (Wildman–Crippen LogP) is 0.885. The molecule has 23 heavy (non-hydrogen) atoms. The van der Waals surface area contributed by atoms with Crippen molar-refractivity contribution in [3.8, 4) is 0 Å². The summed E-state index contributed by atoms with van der Waals surface area (Å²) in [6.07, 6.45) is -0.00372. The Morgan fingerprint density at radius 3 is 2.00 bits per heavy atom. The van der Waals surface area contributed by atoms with Gasteiger partial charge in [0.05, 0.1) is 19.8 Å². The van der Waals surface area contributed by atoms with E-state index in [1.54, 1.807) is 0 Å². The van der Waals surface area contributed by atoms with Crippen LogP contribution in [0.25, 0.3) is 0 Å². The van der Waals surface area contributed by atoms with Crippen molar-refractivity contribution in [2.75, 3.05) is 19.8 Å². The molecule has 2 radical (unpaired) electrons. The zero-order chi connectivity index (χ0) is 18.1. The predicted molar refractivity (Wildman–Crippen MR) is 82.1 cm³/mol. The van der Waals surface area contributed by atoms with E-state index >= 15 is 0 Å². The third-order valence-electron chi connectivity index (χ3n) is 2.44. The molecule has 0 saturated carbocycles. The van der Waals surface area contributed by atoms with Gasteiger partial charge in [-0.05, 0) is 12.3 Å². The molecule has 0 aliphatic rings. The first-order valence-electron chi connectivity index (χ1n) is 6.88. The molecule has 3 atom stereocenters. The molecule has 13 heteroatoms. The summed E-state index contributed by atoms with van der Waals surface area (Å²) in [5.41, 5.74) is 0. The minimum absolute atomic E-state index is 0.219. The lowest BCUT2D eigenvalue weighted by Gasteiger charge is -2.21. The van der Waals surface area contributed by atoms with Crippen molar-refractivity contribution < 1.29 is 42.2 Å². The minimum Gasteiger partial charge on any atom is -0.309 e. The Balaban J connectivity index is 4.20. The van der Waals surface area contributed by atoms with Crippen LogP contribution in [-0.2, 0) is 27.5 Å². The number of rotatable bonds is 13. The zero-order valence-corrected chi connectivity index (χ0v) is 15.1. The van der Waals surface area contributed by atoms with Crippen molar-refractivity contribution in [2.45, 2.75) is 33.3 Å². The van der Waals surface area contributed by atoms with Crippen molar-refractivity contribution in [3.63, 3.8) is 0 Å². The molecule has 0 aromatic carbocycles. The molecule has 0 aliphatic carbocycles. The lowest BCUT2D eigenvalue weighted by molar-refractivity contribution is -0.0285. The van der Waals surface area contributed by atoms with Crippen molar-refractivity contribution in [1.82, 2.24) is 5.39 Å². The van der Waals surface area contributed by atoms with Crippen molar-refractivity contribution in [3.05, 3.63) is 0 Å². The van der Waals surface area contributed by atoms with E-state index in [4.69, 9.17) is 31.7 Å². The molecule has 4 N–H and O–H groups in total. The molecular weight excluding hydrogens is 351 g/mol. The molecule has 0 aromatic rings. The number of hydrogen-bond acceptors (Lipinski definition) is 7. The van der Waals surface area contributed by atoms with Crippen LogP contribution < -0.4 is 5.39 Å². The Morgan fingerprint density at radius 2 is 1.52 bits per heavy atom. The molecule has 0 aliphatic heterocycles. The summed E-state index contributed by atoms with van der Waals surface area (Å²) in [7, 11) is -3.87. The summed E-state index contributed by atoms with van der Waals surface area (Å²) in [5.74, 6) is -0.277. The fourth-order valence-corrected chi connectivity index (χ4v) is 2.80. The van der Waals surface area contributed by atoms with Gasteiger partial charge in [-0.3, -0.25) is 19.0 Å². The Morgan fingerprint density at radius 1 is 1.00 bits per heavy atom. The van der Waals surface area contributed by atoms with Gasteiger partial charge < -0.3 is 19.5 Å². The van der Waals surface area contributed by atoms with E-state index in [1.165, 1.54) is 6.92 Å². The van der Waals surface area contributed by atoms with Gasteiger partial charge >= 0.3 is 15.6 Å². The van der Waals surface area contributed by atoms with E-state index in [0.29, 0.717) is 6.42 Å². The number of phosphoric acid groups is 2. The summed E-state index contributed by atoms with van der Waals surface area (Å²) in [5, 5.41) is 2.01. The third kappa shape index (κ3) is 14.3. The summed E-state index contributed by atoms with van der Waals surface area (Å²) in [6, 6.07) is 0. The Bertz CT molecular complexity index is 419. The first-order valence-corrected chi connectivity index (χ1v) is 9.91. The number of nitrogens with one attached hydrogen (secondary N) is 1. The van der Waals surface area contributed by atoms with Crippen LogP contribution in [0.4, 0.5) is 0 Å². The van der Waals surface area contributed by atoms with E-state index in [2.05, 4.69) is 4.52 Å². The fraction of sp³-hybridized carbons (Fsp3) is 1.00. The van der Waals surface area contributed by atoms with E-state index in [1.807, 2.05) is 19.2 Å². The van der Waals surface area contributed by atoms with Gasteiger partial charge in [-0.2, -0.15) is 0 Å². The maximum atomic E-state index is 11.7. The third-order valence-corrected chi connectivity index (χ3v) is 3.88. The molecule has 0 rings (SSSR count). The normalized spacial score (nSPS) is 17.9. The molecule has 10 nitrogen and oxygen atoms in total. The summed E-state index contributed by atoms with van der Waals surface area (Å²) >= 11 is 0. The maximum Gasteiger partial charge on any atom is 0.472 e. The standard InChI is InChI=1S/C10H24BNO9P2/c1-8(2)4-10(21-12-11)7-20-23(16,17)19-6-9(3)5-18-22(13,14)15/h8-10,12H,4-7H2,1-3H3,(H,16,17)(H2,13,14,15). The Kier molecular flexibility index (Phi) is 11.0. The highest BCUT2D eigenvalue weighted by atomic mass is 31.2. The lowest BCUT2D eigenvalue weighted by atomic mass is 10.1. The second-order valence-corrected chi connectivity index (χ2v) is 8.13. The highest BCUT2D eigenvalue weighted by molar-refractivity contribution is 7.47. The average Bonchev–Trinajstić information content (AvgIpc) is 2.39. The second kappa shape index (κ2) is 10.9. The summed E-state index contributed by atoms with van der Waals surface area (Å²) in [6.45, 7) is 4.57. The van der Waals surface area contributed by atoms with Gasteiger partial charge in [-0.1, -0.05) is 20.8 Å². The van der Waals surface area contributed by atoms with Crippen LogP contribution >= 0.6 is 15.6 Å². The number of hydrogen-bond donors (Lipinski definition) is 4. The lowest BCUT2D eigenvalue weighted by Crippen LogP contribution is -2.27. The summed E-state index contributed by atoms with van der Waals surface area (Å²) < 4.78 is 36.1. The molecule has 0 bridgehead atoms. The van der Waals surface area contributed by atoms with E-state index in [9.17, 15) is 14.0 Å². The van der Waals surface area contributed by atoms with Gasteiger partial charge in [0, 0.05) is 5.92 Å². The van der Waals surface area contributed by atoms with Crippen molar-refractivity contribution in [2.24, 2.45) is 11.8 Å². The Hall–Kier alpha value is 0.205. The van der Waals surface area contributed by atoms with Crippen LogP contribution in [0.5, 0.6) is 0 Å². The molecule has 3 unspecified atom stereocenters. The van der Waals surface area contributed by atoms with E-state index in [-0.39, 0.29) is 25.7 Å². The van der Waals surface area contributed by atoms with Gasteiger partial charge in [0.1, 0.15) is 6.10 Å². The molecule has 0 amide bonds. The monoisotopic (exact) mass is 375 g/mol. The van der Waals surface area contributed by atoms with Gasteiger partial charge in [0.15, 0.2) is 0 Å². The molecule has 0 heterocycles. The molecular formula is C10H24BNO9P2. The second-order valence-electron chi connectivity index (χ2n) is 5.44. The van der Waals surface area contributed by atoms with E-state index in [0.717, 1.165) is 0 Å². The van der Waals surface area contributed by atoms with Crippen molar-refractivity contribution >= 4 is 23.6 Å². The maximum absolute atomic E-state index is 11.7. The summed E-state index contributed by atoms with van der Waals surface area (Å²) in [4.78, 5) is 31.6. The first-order chi connectivity index (χ1) is 10.4.